The summed E-state index contributed by atoms with van der Waals surface area (Å²) in [6.45, 7) is 6.33. The number of anilines is 1. The van der Waals surface area contributed by atoms with E-state index in [1.807, 2.05) is 0 Å². The second kappa shape index (κ2) is 22.8. The molecule has 0 saturated carbocycles. The minimum Gasteiger partial charge on any atom is -0.384 e. The Labute approximate surface area is 233 Å². The maximum atomic E-state index is 13.0. The first-order valence-electron chi connectivity index (χ1n) is 13.7. The van der Waals surface area contributed by atoms with E-state index in [-0.39, 0.29) is 29.0 Å². The lowest BCUT2D eigenvalue weighted by Crippen LogP contribution is -2.43. The van der Waals surface area contributed by atoms with Gasteiger partial charge >= 0.3 is 0 Å². The second-order valence-electron chi connectivity index (χ2n) is 9.78. The van der Waals surface area contributed by atoms with Crippen LogP contribution < -0.4 is 16.0 Å². The molecule has 0 aliphatic rings. The summed E-state index contributed by atoms with van der Waals surface area (Å²) in [5.74, 6) is 0.216. The molecular weight excluding hydrogens is 500 g/mol. The minimum atomic E-state index is -0.315. The van der Waals surface area contributed by atoms with Crippen LogP contribution in [-0.4, -0.2) is 82.6 Å². The molecule has 0 bridgehead atoms. The zero-order chi connectivity index (χ0) is 29.5. The van der Waals surface area contributed by atoms with Crippen molar-refractivity contribution in [2.24, 2.45) is 5.92 Å². The summed E-state index contributed by atoms with van der Waals surface area (Å²) < 4.78 is 4.80. The highest BCUT2D eigenvalue weighted by atomic mass is 16.5. The summed E-state index contributed by atoms with van der Waals surface area (Å²) in [6, 6.07) is 4.48. The Morgan fingerprint density at radius 2 is 1.74 bits per heavy atom. The Morgan fingerprint density at radius 3 is 2.31 bits per heavy atom. The fourth-order valence-electron chi connectivity index (χ4n) is 3.88. The number of carbonyl (C=O) groups is 5. The lowest BCUT2D eigenvalue weighted by Gasteiger charge is -2.28. The van der Waals surface area contributed by atoms with Gasteiger partial charge in [0.25, 0.3) is 5.91 Å². The maximum absolute atomic E-state index is 13.0. The Bertz CT molecular complexity index is 862. The van der Waals surface area contributed by atoms with Crippen LogP contribution in [0.2, 0.25) is 0 Å². The zero-order valence-electron chi connectivity index (χ0n) is 24.3. The smallest absolute Gasteiger partial charge is 0.254 e. The average molecular weight is 549 g/mol. The molecule has 0 spiro atoms. The third kappa shape index (κ3) is 16.5. The number of hydrogen-bond acceptors (Lipinski definition) is 7. The predicted octanol–water partition coefficient (Wildman–Crippen LogP) is 3.45. The van der Waals surface area contributed by atoms with Gasteiger partial charge in [0.2, 0.25) is 12.3 Å². The van der Waals surface area contributed by atoms with Gasteiger partial charge in [0.05, 0.1) is 5.56 Å². The third-order valence-electron chi connectivity index (χ3n) is 5.93. The zero-order valence-corrected chi connectivity index (χ0v) is 24.3. The molecule has 0 aliphatic heterocycles. The molecule has 0 heterocycles. The minimum absolute atomic E-state index is 0.145. The normalized spacial score (nSPS) is 11.1. The lowest BCUT2D eigenvalue weighted by molar-refractivity contribution is -0.116. The molecule has 3 N–H and O–H groups in total. The molecule has 1 atom stereocenters. The molecule has 3 amide bonds. The monoisotopic (exact) mass is 548 g/mol. The third-order valence-corrected chi connectivity index (χ3v) is 5.93. The van der Waals surface area contributed by atoms with Crippen molar-refractivity contribution in [3.05, 3.63) is 29.3 Å². The van der Waals surface area contributed by atoms with Gasteiger partial charge in [0.15, 0.2) is 6.29 Å². The number of nitrogens with zero attached hydrogens (tertiary/aromatic N) is 1. The SMILES string of the molecule is CNCC(CCC=O)N(C)C(=O)c1ccc(NC(=O)CCCCCCCNC=O)cc1C=O.COCC(C)C. The molecule has 0 fully saturated rings. The molecular formula is C29H48N4O6. The number of aldehydes is 2. The summed E-state index contributed by atoms with van der Waals surface area (Å²) in [4.78, 5) is 59.2. The molecule has 1 aromatic rings. The summed E-state index contributed by atoms with van der Waals surface area (Å²) >= 11 is 0. The molecule has 1 unspecified atom stereocenters. The van der Waals surface area contributed by atoms with E-state index in [2.05, 4.69) is 29.8 Å². The number of rotatable bonds is 20. The molecule has 220 valence electrons. The van der Waals surface area contributed by atoms with E-state index in [0.29, 0.717) is 56.7 Å². The number of nitrogens with one attached hydrogen (secondary N) is 3. The predicted molar refractivity (Wildman–Crippen MR) is 154 cm³/mol. The van der Waals surface area contributed by atoms with Gasteiger partial charge in [-0.1, -0.05) is 33.1 Å². The van der Waals surface area contributed by atoms with Gasteiger partial charge in [-0.2, -0.15) is 0 Å². The summed E-state index contributed by atoms with van der Waals surface area (Å²) in [6.07, 6.45) is 7.94. The summed E-state index contributed by atoms with van der Waals surface area (Å²) in [5, 5.41) is 8.42. The van der Waals surface area contributed by atoms with E-state index in [1.165, 1.54) is 11.0 Å². The molecule has 0 radical (unpaired) electrons. The van der Waals surface area contributed by atoms with Crippen LogP contribution in [-0.2, 0) is 19.1 Å². The van der Waals surface area contributed by atoms with E-state index in [0.717, 1.165) is 45.0 Å². The summed E-state index contributed by atoms with van der Waals surface area (Å²) in [7, 11) is 5.15. The Hall–Kier alpha value is -3.11. The highest BCUT2D eigenvalue weighted by Crippen LogP contribution is 2.19. The largest absolute Gasteiger partial charge is 0.384 e. The van der Waals surface area contributed by atoms with Gasteiger partial charge in [-0.25, -0.2) is 0 Å². The van der Waals surface area contributed by atoms with Crippen molar-refractivity contribution < 1.29 is 28.7 Å². The van der Waals surface area contributed by atoms with Gasteiger partial charge in [-0.05, 0) is 50.4 Å². The molecule has 0 aliphatic carbocycles. The number of amides is 3. The van der Waals surface area contributed by atoms with Crippen molar-refractivity contribution >= 4 is 36.5 Å². The van der Waals surface area contributed by atoms with Crippen LogP contribution in [0.15, 0.2) is 18.2 Å². The van der Waals surface area contributed by atoms with Crippen LogP contribution in [0, 0.1) is 5.92 Å². The number of benzene rings is 1. The van der Waals surface area contributed by atoms with Gasteiger partial charge in [-0.15, -0.1) is 0 Å². The highest BCUT2D eigenvalue weighted by molar-refractivity contribution is 6.03. The van der Waals surface area contributed by atoms with Crippen LogP contribution >= 0.6 is 0 Å². The molecule has 1 aromatic carbocycles. The summed E-state index contributed by atoms with van der Waals surface area (Å²) in [5.41, 5.74) is 0.919. The number of likely N-dealkylation sites (N-methyl/N-ethyl adjacent to an activating group) is 2. The average Bonchev–Trinajstić information content (AvgIpc) is 2.92. The van der Waals surface area contributed by atoms with Crippen molar-refractivity contribution in [3.63, 3.8) is 0 Å². The van der Waals surface area contributed by atoms with Crippen LogP contribution in [0.5, 0.6) is 0 Å². The number of methoxy groups -OCH3 is 1. The van der Waals surface area contributed by atoms with E-state index in [4.69, 9.17) is 4.74 Å². The Balaban J connectivity index is 0.00000215. The maximum Gasteiger partial charge on any atom is 0.254 e. The highest BCUT2D eigenvalue weighted by Gasteiger charge is 2.22. The molecule has 1 rings (SSSR count). The van der Waals surface area contributed by atoms with E-state index in [1.54, 1.807) is 33.3 Å². The number of carbonyl (C=O) groups excluding carboxylic acids is 5. The van der Waals surface area contributed by atoms with Crippen molar-refractivity contribution in [3.8, 4) is 0 Å². The first-order valence-corrected chi connectivity index (χ1v) is 13.7. The van der Waals surface area contributed by atoms with Crippen LogP contribution in [0.4, 0.5) is 5.69 Å². The lowest BCUT2D eigenvalue weighted by atomic mass is 10.0. The topological polar surface area (TPSA) is 134 Å². The molecule has 10 nitrogen and oxygen atoms in total. The number of hydrogen-bond donors (Lipinski definition) is 3. The van der Waals surface area contributed by atoms with E-state index >= 15 is 0 Å². The first kappa shape index (κ1) is 35.9. The van der Waals surface area contributed by atoms with Crippen molar-refractivity contribution in [1.29, 1.82) is 0 Å². The fraction of sp³-hybridized carbons (Fsp3) is 0.621. The molecule has 39 heavy (non-hydrogen) atoms. The van der Waals surface area contributed by atoms with E-state index < -0.39 is 0 Å². The second-order valence-corrected chi connectivity index (χ2v) is 9.78. The Morgan fingerprint density at radius 1 is 1.05 bits per heavy atom. The van der Waals surface area contributed by atoms with Crippen molar-refractivity contribution in [2.75, 3.05) is 46.2 Å². The number of unbranched alkanes of at least 4 members (excludes halogenated alkanes) is 4. The van der Waals surface area contributed by atoms with Gasteiger partial charge in [-0.3, -0.25) is 19.2 Å². The van der Waals surface area contributed by atoms with Crippen molar-refractivity contribution in [2.45, 2.75) is 71.3 Å². The van der Waals surface area contributed by atoms with Gasteiger partial charge in [0, 0.05) is 64.0 Å². The fourth-order valence-corrected chi connectivity index (χ4v) is 3.88. The Kier molecular flexibility index (Phi) is 21.0. The molecule has 0 saturated heterocycles. The first-order chi connectivity index (χ1) is 18.7. The quantitative estimate of drug-likeness (QED) is 0.168. The van der Waals surface area contributed by atoms with E-state index in [9.17, 15) is 24.0 Å². The standard InChI is InChI=1S/C24H36N4O5.C5H12O/c1-25-16-21(9-8-14-29)28(2)24(33)22-12-11-20(15-19(22)17-30)27-23(32)10-6-4-3-5-7-13-26-18-31;1-5(2)4-6-3/h11-12,14-15,17-18,21,25H,3-10,13,16H2,1-2H3,(H,26,31)(H,27,32);5H,4H2,1-3H3. The molecule has 10 heteroatoms. The van der Waals surface area contributed by atoms with Crippen LogP contribution in [0.3, 0.4) is 0 Å². The van der Waals surface area contributed by atoms with Crippen LogP contribution in [0.25, 0.3) is 0 Å². The van der Waals surface area contributed by atoms with Crippen LogP contribution in [0.1, 0.15) is 85.9 Å². The number of ether oxygens (including phenoxy) is 1. The van der Waals surface area contributed by atoms with Crippen molar-refractivity contribution in [1.82, 2.24) is 15.5 Å². The van der Waals surface area contributed by atoms with Gasteiger partial charge < -0.3 is 30.4 Å². The molecule has 0 aromatic heterocycles. The van der Waals surface area contributed by atoms with Gasteiger partial charge in [0.1, 0.15) is 6.29 Å².